The summed E-state index contributed by atoms with van der Waals surface area (Å²) in [6.07, 6.45) is 1.70. The molecule has 0 unspecified atom stereocenters. The van der Waals surface area contributed by atoms with Crippen molar-refractivity contribution < 1.29 is 9.53 Å². The number of hydrazone groups is 1. The standard InChI is InChI=1S/C38H37N5O2S/c1-5-41(6-2)27-18-20-31-34(23-27)45-35-24-28(42(7-3)8-4)19-21-32(35)38(31)30-15-10-9-14-29(30)37(44)43(38)39-25-26-13-11-16-33(40-26)36-17-12-22-46-36/h9-25H,5-8H2,1-4H3/b39-25+. The van der Waals surface area contributed by atoms with Gasteiger partial charge in [-0.3, -0.25) is 4.79 Å². The monoisotopic (exact) mass is 627 g/mol. The van der Waals surface area contributed by atoms with Crippen molar-refractivity contribution in [2.24, 2.45) is 5.10 Å². The minimum Gasteiger partial charge on any atom is -0.456 e. The molecule has 0 bridgehead atoms. The highest BCUT2D eigenvalue weighted by molar-refractivity contribution is 7.13. The first kappa shape index (κ1) is 29.7. The Bertz CT molecular complexity index is 1870. The number of ether oxygens (including phenoxy) is 1. The molecule has 2 aliphatic heterocycles. The molecule has 2 aromatic heterocycles. The summed E-state index contributed by atoms with van der Waals surface area (Å²) in [6.45, 7) is 12.1. The fourth-order valence-electron chi connectivity index (χ4n) is 6.85. The third-order valence-corrected chi connectivity index (χ3v) is 9.99. The number of aromatic nitrogens is 1. The lowest BCUT2D eigenvalue weighted by Gasteiger charge is -2.42. The minimum atomic E-state index is -1.04. The van der Waals surface area contributed by atoms with Gasteiger partial charge in [0.2, 0.25) is 0 Å². The topological polar surface area (TPSA) is 61.3 Å². The molecule has 232 valence electrons. The van der Waals surface area contributed by atoms with Gasteiger partial charge in [0.15, 0.2) is 0 Å². The minimum absolute atomic E-state index is 0.166. The molecule has 0 saturated heterocycles. The van der Waals surface area contributed by atoms with E-state index in [-0.39, 0.29) is 5.91 Å². The highest BCUT2D eigenvalue weighted by Crippen LogP contribution is 2.58. The van der Waals surface area contributed by atoms with Gasteiger partial charge in [0.1, 0.15) is 17.0 Å². The van der Waals surface area contributed by atoms with Crippen LogP contribution in [0.2, 0.25) is 0 Å². The Morgan fingerprint density at radius 2 is 1.43 bits per heavy atom. The molecule has 7 rings (SSSR count). The molecule has 0 aliphatic carbocycles. The zero-order valence-electron chi connectivity index (χ0n) is 26.6. The number of hydrogen-bond donors (Lipinski definition) is 0. The quantitative estimate of drug-likeness (QED) is 0.154. The fraction of sp³-hybridized carbons (Fsp3) is 0.237. The predicted octanol–water partition coefficient (Wildman–Crippen LogP) is 8.39. The van der Waals surface area contributed by atoms with E-state index in [1.807, 2.05) is 53.9 Å². The van der Waals surface area contributed by atoms with Gasteiger partial charge in [-0.2, -0.15) is 5.10 Å². The van der Waals surface area contributed by atoms with Gasteiger partial charge in [-0.15, -0.1) is 11.3 Å². The van der Waals surface area contributed by atoms with Gasteiger partial charge in [0.25, 0.3) is 5.91 Å². The highest BCUT2D eigenvalue weighted by atomic mass is 32.1. The first-order chi connectivity index (χ1) is 22.5. The van der Waals surface area contributed by atoms with Gasteiger partial charge in [-0.25, -0.2) is 9.99 Å². The van der Waals surface area contributed by atoms with Crippen molar-refractivity contribution in [2.75, 3.05) is 36.0 Å². The van der Waals surface area contributed by atoms with Crippen LogP contribution in [0, 0.1) is 0 Å². The van der Waals surface area contributed by atoms with E-state index < -0.39 is 5.54 Å². The maximum Gasteiger partial charge on any atom is 0.275 e. The molecule has 3 aromatic carbocycles. The number of nitrogens with zero attached hydrogens (tertiary/aromatic N) is 5. The van der Waals surface area contributed by atoms with Crippen LogP contribution in [-0.4, -0.2) is 48.3 Å². The van der Waals surface area contributed by atoms with E-state index in [0.29, 0.717) is 11.3 Å². The van der Waals surface area contributed by atoms with Crippen molar-refractivity contribution in [1.82, 2.24) is 9.99 Å². The van der Waals surface area contributed by atoms with Crippen molar-refractivity contribution in [3.8, 4) is 22.1 Å². The van der Waals surface area contributed by atoms with Crippen LogP contribution in [0.15, 0.2) is 101 Å². The summed E-state index contributed by atoms with van der Waals surface area (Å²) in [5.74, 6) is 1.27. The van der Waals surface area contributed by atoms with Gasteiger partial charge in [-0.1, -0.05) is 42.5 Å². The maximum absolute atomic E-state index is 14.4. The number of hydrogen-bond acceptors (Lipinski definition) is 7. The molecule has 8 heteroatoms. The Hall–Kier alpha value is -4.95. The molecule has 1 amide bonds. The molecule has 2 aliphatic rings. The second-order valence-electron chi connectivity index (χ2n) is 11.4. The van der Waals surface area contributed by atoms with E-state index >= 15 is 0 Å². The number of thiophene rings is 1. The molecule has 46 heavy (non-hydrogen) atoms. The summed E-state index contributed by atoms with van der Waals surface area (Å²) in [6, 6.07) is 30.5. The van der Waals surface area contributed by atoms with E-state index in [1.54, 1.807) is 22.6 Å². The Morgan fingerprint density at radius 3 is 2.04 bits per heavy atom. The number of carbonyl (C=O) groups is 1. The SMILES string of the molecule is CCN(CC)c1ccc2c(c1)Oc1cc(N(CC)CC)ccc1C21c2ccccc2C(=O)N1/N=C/c1cccc(-c2cccs2)n1. The third-order valence-electron chi connectivity index (χ3n) is 9.09. The molecule has 4 heterocycles. The Balaban J connectivity index is 1.46. The highest BCUT2D eigenvalue weighted by Gasteiger charge is 2.57. The van der Waals surface area contributed by atoms with Gasteiger partial charge in [-0.05, 0) is 69.5 Å². The van der Waals surface area contributed by atoms with Crippen LogP contribution in [0.1, 0.15) is 60.4 Å². The van der Waals surface area contributed by atoms with E-state index in [4.69, 9.17) is 14.8 Å². The lowest BCUT2D eigenvalue weighted by molar-refractivity contribution is 0.0675. The second-order valence-corrected chi connectivity index (χ2v) is 12.3. The van der Waals surface area contributed by atoms with Crippen LogP contribution in [0.3, 0.4) is 0 Å². The molecular formula is C38H37N5O2S. The summed E-state index contributed by atoms with van der Waals surface area (Å²) in [5, 5.41) is 8.67. The molecule has 0 N–H and O–H groups in total. The van der Waals surface area contributed by atoms with E-state index in [9.17, 15) is 4.79 Å². The maximum atomic E-state index is 14.4. The fourth-order valence-corrected chi connectivity index (χ4v) is 7.54. The molecular weight excluding hydrogens is 591 g/mol. The van der Waals surface area contributed by atoms with Crippen LogP contribution in [0.4, 0.5) is 11.4 Å². The van der Waals surface area contributed by atoms with Crippen molar-refractivity contribution in [2.45, 2.75) is 33.2 Å². The van der Waals surface area contributed by atoms with Crippen LogP contribution < -0.4 is 14.5 Å². The molecule has 5 aromatic rings. The summed E-state index contributed by atoms with van der Waals surface area (Å²) in [7, 11) is 0. The van der Waals surface area contributed by atoms with Crippen molar-refractivity contribution in [3.63, 3.8) is 0 Å². The summed E-state index contributed by atoms with van der Waals surface area (Å²) in [5.41, 5.74) is 5.92. The average Bonchev–Trinajstić information content (AvgIpc) is 3.72. The predicted molar refractivity (Wildman–Crippen MR) is 188 cm³/mol. The smallest absolute Gasteiger partial charge is 0.275 e. The van der Waals surface area contributed by atoms with Crippen LogP contribution >= 0.6 is 11.3 Å². The van der Waals surface area contributed by atoms with E-state index in [1.165, 1.54) is 0 Å². The van der Waals surface area contributed by atoms with Crippen molar-refractivity contribution in [3.05, 3.63) is 124 Å². The summed E-state index contributed by atoms with van der Waals surface area (Å²) >= 11 is 1.64. The van der Waals surface area contributed by atoms with Gasteiger partial charge >= 0.3 is 0 Å². The lowest BCUT2D eigenvalue weighted by Crippen LogP contribution is -2.44. The van der Waals surface area contributed by atoms with E-state index in [0.717, 1.165) is 76.3 Å². The van der Waals surface area contributed by atoms with Crippen LogP contribution in [0.25, 0.3) is 10.6 Å². The Morgan fingerprint density at radius 1 is 0.783 bits per heavy atom. The van der Waals surface area contributed by atoms with Crippen molar-refractivity contribution in [1.29, 1.82) is 0 Å². The van der Waals surface area contributed by atoms with Gasteiger partial charge < -0.3 is 14.5 Å². The molecule has 0 saturated carbocycles. The van der Waals surface area contributed by atoms with Crippen LogP contribution in [0.5, 0.6) is 11.5 Å². The molecule has 0 atom stereocenters. The number of carbonyl (C=O) groups excluding carboxylic acids is 1. The number of rotatable bonds is 9. The van der Waals surface area contributed by atoms with Crippen LogP contribution in [-0.2, 0) is 5.54 Å². The Labute approximate surface area is 274 Å². The van der Waals surface area contributed by atoms with Crippen molar-refractivity contribution >= 4 is 34.8 Å². The summed E-state index contributed by atoms with van der Waals surface area (Å²) in [4.78, 5) is 25.0. The first-order valence-electron chi connectivity index (χ1n) is 16.0. The zero-order valence-corrected chi connectivity index (χ0v) is 27.4. The average molecular weight is 628 g/mol. The molecule has 0 radical (unpaired) electrons. The van der Waals surface area contributed by atoms with Gasteiger partial charge in [0, 0.05) is 71.9 Å². The lowest BCUT2D eigenvalue weighted by atomic mass is 9.75. The first-order valence-corrected chi connectivity index (χ1v) is 16.9. The Kier molecular flexibility index (Phi) is 7.82. The number of amides is 1. The number of benzene rings is 3. The molecule has 1 spiro atoms. The third kappa shape index (κ3) is 4.67. The normalized spacial score (nSPS) is 14.3. The molecule has 0 fully saturated rings. The number of pyridine rings is 1. The van der Waals surface area contributed by atoms with E-state index in [2.05, 4.69) is 80.0 Å². The second kappa shape index (κ2) is 12.1. The molecule has 7 nitrogen and oxygen atoms in total. The number of fused-ring (bicyclic) bond motifs is 6. The number of anilines is 2. The zero-order chi connectivity index (χ0) is 31.8. The summed E-state index contributed by atoms with van der Waals surface area (Å²) < 4.78 is 6.79. The largest absolute Gasteiger partial charge is 0.456 e. The van der Waals surface area contributed by atoms with Gasteiger partial charge in [0.05, 0.1) is 22.5 Å².